The van der Waals surface area contributed by atoms with Crippen molar-refractivity contribution in [2.24, 2.45) is 0 Å². The van der Waals surface area contributed by atoms with Gasteiger partial charge in [0.25, 0.3) is 0 Å². The smallest absolute Gasteiger partial charge is 0.416 e. The van der Waals surface area contributed by atoms with E-state index in [1.165, 1.54) is 13.8 Å². The summed E-state index contributed by atoms with van der Waals surface area (Å²) in [5.74, 6) is -1.44. The lowest BCUT2D eigenvalue weighted by atomic mass is 10.1. The number of halogens is 5. The van der Waals surface area contributed by atoms with E-state index < -0.39 is 35.6 Å². The van der Waals surface area contributed by atoms with Crippen LogP contribution < -0.4 is 5.48 Å². The van der Waals surface area contributed by atoms with E-state index in [0.29, 0.717) is 12.1 Å². The summed E-state index contributed by atoms with van der Waals surface area (Å²) in [6.07, 6.45) is -5.05. The van der Waals surface area contributed by atoms with Crippen molar-refractivity contribution in [2.75, 3.05) is 6.61 Å². The van der Waals surface area contributed by atoms with Crippen LogP contribution in [0.3, 0.4) is 0 Å². The van der Waals surface area contributed by atoms with Gasteiger partial charge in [-0.15, -0.1) is 0 Å². The highest BCUT2D eigenvalue weighted by Crippen LogP contribution is 2.36. The van der Waals surface area contributed by atoms with Crippen LogP contribution in [0.15, 0.2) is 12.1 Å². The Kier molecular flexibility index (Phi) is 7.10. The second-order valence-electron chi connectivity index (χ2n) is 5.45. The molecule has 0 saturated carbocycles. The number of carbonyl (C=O) groups is 2. The molecular weight excluding hydrogens is 386 g/mol. The topological polar surface area (TPSA) is 64.6 Å². The maximum absolute atomic E-state index is 12.7. The molecule has 0 fully saturated rings. The minimum Gasteiger partial charge on any atom is -0.464 e. The molecule has 1 aromatic carbocycles. The quantitative estimate of drug-likeness (QED) is 0.578. The fourth-order valence-corrected chi connectivity index (χ4v) is 2.28. The Balaban J connectivity index is 2.80. The number of benzene rings is 1. The van der Waals surface area contributed by atoms with E-state index in [2.05, 4.69) is 0 Å². The Morgan fingerprint density at radius 1 is 1.16 bits per heavy atom. The standard InChI is InChI=1S/C15H16Cl2F3NO4/c1-4-24-13(23)14(2,3)25-21-12(22)7-9-10(16)5-8(6-11(9)17)15(18,19)20/h5-6H,4,7H2,1-3H3,(H,21,22). The first-order valence-electron chi connectivity index (χ1n) is 7.07. The second-order valence-corrected chi connectivity index (χ2v) is 6.27. The van der Waals surface area contributed by atoms with Crippen LogP contribution >= 0.6 is 23.2 Å². The molecule has 5 nitrogen and oxygen atoms in total. The SMILES string of the molecule is CCOC(=O)C(C)(C)ONC(=O)Cc1c(Cl)cc(C(F)(F)F)cc1Cl. The van der Waals surface area contributed by atoms with Crippen molar-refractivity contribution in [1.82, 2.24) is 5.48 Å². The van der Waals surface area contributed by atoms with Gasteiger partial charge in [0.15, 0.2) is 5.60 Å². The number of alkyl halides is 3. The highest BCUT2D eigenvalue weighted by atomic mass is 35.5. The van der Waals surface area contributed by atoms with E-state index in [0.717, 1.165) is 0 Å². The molecule has 0 radical (unpaired) electrons. The van der Waals surface area contributed by atoms with Crippen molar-refractivity contribution in [3.63, 3.8) is 0 Å². The largest absolute Gasteiger partial charge is 0.464 e. The molecule has 0 spiro atoms. The lowest BCUT2D eigenvalue weighted by Crippen LogP contribution is -2.43. The first-order valence-corrected chi connectivity index (χ1v) is 7.83. The normalized spacial score (nSPS) is 12.0. The zero-order chi connectivity index (χ0) is 19.4. The number of esters is 1. The molecule has 0 heterocycles. The van der Waals surface area contributed by atoms with Gasteiger partial charge in [-0.1, -0.05) is 23.2 Å². The molecule has 0 atom stereocenters. The van der Waals surface area contributed by atoms with Crippen molar-refractivity contribution < 1.29 is 32.3 Å². The van der Waals surface area contributed by atoms with E-state index in [1.54, 1.807) is 6.92 Å². The van der Waals surface area contributed by atoms with E-state index >= 15 is 0 Å². The summed E-state index contributed by atoms with van der Waals surface area (Å²) in [4.78, 5) is 28.5. The number of hydrogen-bond acceptors (Lipinski definition) is 4. The van der Waals surface area contributed by atoms with Gasteiger partial charge in [0, 0.05) is 10.0 Å². The van der Waals surface area contributed by atoms with Crippen molar-refractivity contribution in [3.8, 4) is 0 Å². The Morgan fingerprint density at radius 2 is 1.68 bits per heavy atom. The maximum Gasteiger partial charge on any atom is 0.416 e. The van der Waals surface area contributed by atoms with Crippen LogP contribution in [0.25, 0.3) is 0 Å². The van der Waals surface area contributed by atoms with Crippen LogP contribution in [-0.2, 0) is 31.8 Å². The fraction of sp³-hybridized carbons (Fsp3) is 0.467. The van der Waals surface area contributed by atoms with E-state index in [4.69, 9.17) is 32.8 Å². The van der Waals surface area contributed by atoms with Crippen LogP contribution in [0.2, 0.25) is 10.0 Å². The molecule has 0 aliphatic carbocycles. The number of rotatable bonds is 6. The number of nitrogens with one attached hydrogen (secondary N) is 1. The third-order valence-electron chi connectivity index (χ3n) is 2.99. The Bertz CT molecular complexity index is 640. The summed E-state index contributed by atoms with van der Waals surface area (Å²) in [7, 11) is 0. The highest BCUT2D eigenvalue weighted by molar-refractivity contribution is 6.36. The van der Waals surface area contributed by atoms with Gasteiger partial charge in [-0.25, -0.2) is 10.3 Å². The summed E-state index contributed by atoms with van der Waals surface area (Å²) in [5.41, 5.74) is -0.430. The molecule has 10 heteroatoms. The van der Waals surface area contributed by atoms with Crippen LogP contribution in [0.1, 0.15) is 31.9 Å². The number of hydroxylamine groups is 1. The van der Waals surface area contributed by atoms with E-state index in [-0.39, 0.29) is 22.2 Å². The van der Waals surface area contributed by atoms with Crippen molar-refractivity contribution >= 4 is 35.1 Å². The zero-order valence-corrected chi connectivity index (χ0v) is 15.1. The molecule has 1 N–H and O–H groups in total. The van der Waals surface area contributed by atoms with Crippen LogP contribution in [-0.4, -0.2) is 24.1 Å². The van der Waals surface area contributed by atoms with Crippen LogP contribution in [0.5, 0.6) is 0 Å². The number of hydrogen-bond donors (Lipinski definition) is 1. The molecule has 0 bridgehead atoms. The molecular formula is C15H16Cl2F3NO4. The van der Waals surface area contributed by atoms with Gasteiger partial charge in [-0.3, -0.25) is 9.63 Å². The first-order chi connectivity index (χ1) is 11.4. The van der Waals surface area contributed by atoms with E-state index in [1.807, 2.05) is 5.48 Å². The summed E-state index contributed by atoms with van der Waals surface area (Å²) in [6, 6.07) is 1.36. The summed E-state index contributed by atoms with van der Waals surface area (Å²) in [6.45, 7) is 4.50. The first kappa shape index (κ1) is 21.5. The number of carbonyl (C=O) groups excluding carboxylic acids is 2. The molecule has 1 rings (SSSR count). The van der Waals surface area contributed by atoms with Gasteiger partial charge < -0.3 is 4.74 Å². The summed E-state index contributed by atoms with van der Waals surface area (Å²) in [5, 5.41) is -0.612. The molecule has 0 aliphatic heterocycles. The Morgan fingerprint density at radius 3 is 2.12 bits per heavy atom. The molecule has 0 aromatic heterocycles. The average Bonchev–Trinajstić information content (AvgIpc) is 2.48. The zero-order valence-electron chi connectivity index (χ0n) is 13.6. The van der Waals surface area contributed by atoms with Crippen molar-refractivity contribution in [2.45, 2.75) is 39.0 Å². The second kappa shape index (κ2) is 8.25. The van der Waals surface area contributed by atoms with Crippen LogP contribution in [0, 0.1) is 0 Å². The average molecular weight is 402 g/mol. The Labute approximate surface area is 152 Å². The van der Waals surface area contributed by atoms with E-state index in [9.17, 15) is 22.8 Å². The fourth-order valence-electron chi connectivity index (χ4n) is 1.66. The van der Waals surface area contributed by atoms with Gasteiger partial charge in [0.1, 0.15) is 0 Å². The predicted octanol–water partition coefficient (Wildman–Crippen LogP) is 3.94. The van der Waals surface area contributed by atoms with Gasteiger partial charge in [0.05, 0.1) is 18.6 Å². The number of amides is 1. The molecule has 25 heavy (non-hydrogen) atoms. The van der Waals surface area contributed by atoms with Gasteiger partial charge >= 0.3 is 12.1 Å². The molecule has 140 valence electrons. The molecule has 1 aromatic rings. The van der Waals surface area contributed by atoms with Crippen LogP contribution in [0.4, 0.5) is 13.2 Å². The minimum absolute atomic E-state index is 0.00590. The molecule has 0 saturated heterocycles. The third kappa shape index (κ3) is 6.05. The molecule has 1 amide bonds. The lowest BCUT2D eigenvalue weighted by Gasteiger charge is -2.22. The summed E-state index contributed by atoms with van der Waals surface area (Å²) < 4.78 is 42.8. The third-order valence-corrected chi connectivity index (χ3v) is 3.67. The van der Waals surface area contributed by atoms with Crippen molar-refractivity contribution in [1.29, 1.82) is 0 Å². The predicted molar refractivity (Wildman–Crippen MR) is 85.1 cm³/mol. The highest BCUT2D eigenvalue weighted by Gasteiger charge is 2.33. The van der Waals surface area contributed by atoms with Gasteiger partial charge in [0.2, 0.25) is 5.91 Å². The molecule has 0 unspecified atom stereocenters. The minimum atomic E-state index is -4.61. The van der Waals surface area contributed by atoms with Crippen molar-refractivity contribution in [3.05, 3.63) is 33.3 Å². The monoisotopic (exact) mass is 401 g/mol. The molecule has 0 aliphatic rings. The maximum atomic E-state index is 12.7. The summed E-state index contributed by atoms with van der Waals surface area (Å²) >= 11 is 11.6. The Hall–Kier alpha value is -1.51. The van der Waals surface area contributed by atoms with Gasteiger partial charge in [-0.05, 0) is 38.5 Å². The lowest BCUT2D eigenvalue weighted by molar-refractivity contribution is -0.179. The van der Waals surface area contributed by atoms with Gasteiger partial charge in [-0.2, -0.15) is 13.2 Å². The number of ether oxygens (including phenoxy) is 1.